The molecule has 3 atom stereocenters. The number of fused-ring (bicyclic) bond motifs is 1. The lowest BCUT2D eigenvalue weighted by molar-refractivity contribution is -0.112. The van der Waals surface area contributed by atoms with Crippen LogP contribution in [0.1, 0.15) is 39.0 Å². The van der Waals surface area contributed by atoms with Gasteiger partial charge in [0, 0.05) is 5.92 Å². The molecular weight excluding hydrogens is 160 g/mol. The molecule has 0 N–H and O–H groups in total. The van der Waals surface area contributed by atoms with Crippen molar-refractivity contribution in [3.63, 3.8) is 0 Å². The van der Waals surface area contributed by atoms with Gasteiger partial charge in [-0.3, -0.25) is 0 Å². The second kappa shape index (κ2) is 3.65. The predicted molar refractivity (Wildman–Crippen MR) is 53.4 cm³/mol. The Hall–Kier alpha value is -0.590. The number of carbonyl (C=O) groups is 1. The monoisotopic (exact) mass is 178 g/mol. The molecule has 2 aliphatic rings. The van der Waals surface area contributed by atoms with Gasteiger partial charge in [0.25, 0.3) is 0 Å². The average Bonchev–Trinajstić information content (AvgIpc) is 2.17. The van der Waals surface area contributed by atoms with Gasteiger partial charge in [-0.25, -0.2) is 0 Å². The van der Waals surface area contributed by atoms with Crippen molar-refractivity contribution in [2.45, 2.75) is 39.0 Å². The van der Waals surface area contributed by atoms with E-state index in [9.17, 15) is 4.79 Å². The second-order valence-corrected chi connectivity index (χ2v) is 4.64. The molecule has 1 fully saturated rings. The summed E-state index contributed by atoms with van der Waals surface area (Å²) >= 11 is 0. The van der Waals surface area contributed by atoms with Gasteiger partial charge in [-0.15, -0.1) is 0 Å². The number of rotatable bonds is 1. The van der Waals surface area contributed by atoms with Gasteiger partial charge in [0.15, 0.2) is 0 Å². The van der Waals surface area contributed by atoms with Crippen LogP contribution in [0, 0.1) is 17.8 Å². The third-order valence-corrected chi connectivity index (χ3v) is 3.66. The highest BCUT2D eigenvalue weighted by atomic mass is 16.1. The van der Waals surface area contributed by atoms with Crippen LogP contribution in [0.15, 0.2) is 11.6 Å². The molecule has 72 valence electrons. The SMILES string of the molecule is CC1CCC2=CCCC(C=O)C2C1. The maximum atomic E-state index is 10.9. The zero-order valence-electron chi connectivity index (χ0n) is 8.33. The highest BCUT2D eigenvalue weighted by molar-refractivity contribution is 5.56. The summed E-state index contributed by atoms with van der Waals surface area (Å²) in [5.41, 5.74) is 1.58. The van der Waals surface area contributed by atoms with E-state index in [1.807, 2.05) is 0 Å². The smallest absolute Gasteiger partial charge is 0.123 e. The summed E-state index contributed by atoms with van der Waals surface area (Å²) in [5, 5.41) is 0. The molecule has 13 heavy (non-hydrogen) atoms. The van der Waals surface area contributed by atoms with Gasteiger partial charge in [0.05, 0.1) is 0 Å². The van der Waals surface area contributed by atoms with Gasteiger partial charge in [0.2, 0.25) is 0 Å². The molecule has 0 bridgehead atoms. The first-order chi connectivity index (χ1) is 6.31. The van der Waals surface area contributed by atoms with Gasteiger partial charge in [-0.05, 0) is 43.9 Å². The normalized spacial score (nSPS) is 39.2. The van der Waals surface area contributed by atoms with E-state index in [2.05, 4.69) is 13.0 Å². The van der Waals surface area contributed by atoms with Gasteiger partial charge in [-0.1, -0.05) is 18.6 Å². The average molecular weight is 178 g/mol. The molecule has 1 heteroatoms. The second-order valence-electron chi connectivity index (χ2n) is 4.64. The lowest BCUT2D eigenvalue weighted by Gasteiger charge is -2.36. The van der Waals surface area contributed by atoms with E-state index in [1.54, 1.807) is 5.57 Å². The number of hydrogen-bond donors (Lipinski definition) is 0. The van der Waals surface area contributed by atoms with Crippen LogP contribution in [0.3, 0.4) is 0 Å². The third kappa shape index (κ3) is 1.70. The minimum absolute atomic E-state index is 0.336. The van der Waals surface area contributed by atoms with E-state index in [1.165, 1.54) is 25.5 Å². The summed E-state index contributed by atoms with van der Waals surface area (Å²) in [7, 11) is 0. The Labute approximate surface area is 80.2 Å². The Morgan fingerprint density at radius 3 is 3.08 bits per heavy atom. The van der Waals surface area contributed by atoms with Crippen molar-refractivity contribution in [3.05, 3.63) is 11.6 Å². The minimum atomic E-state index is 0.336. The molecule has 0 radical (unpaired) electrons. The molecular formula is C12H18O. The summed E-state index contributed by atoms with van der Waals surface area (Å²) in [6.07, 6.45) is 9.61. The van der Waals surface area contributed by atoms with Crippen molar-refractivity contribution >= 4 is 6.29 Å². The zero-order valence-corrected chi connectivity index (χ0v) is 8.33. The Kier molecular flexibility index (Phi) is 2.52. The van der Waals surface area contributed by atoms with Gasteiger partial charge < -0.3 is 4.79 Å². The molecule has 0 aliphatic heterocycles. The number of aldehydes is 1. The molecule has 0 saturated heterocycles. The Bertz CT molecular complexity index is 229. The van der Waals surface area contributed by atoms with Crippen LogP contribution in [-0.4, -0.2) is 6.29 Å². The van der Waals surface area contributed by atoms with Gasteiger partial charge >= 0.3 is 0 Å². The molecule has 0 amide bonds. The fourth-order valence-electron chi connectivity index (χ4n) is 2.83. The molecule has 0 aromatic carbocycles. The first-order valence-corrected chi connectivity index (χ1v) is 5.45. The molecule has 1 saturated carbocycles. The van der Waals surface area contributed by atoms with E-state index < -0.39 is 0 Å². The highest BCUT2D eigenvalue weighted by Crippen LogP contribution is 2.41. The first kappa shape index (κ1) is 8.98. The molecule has 3 unspecified atom stereocenters. The fourth-order valence-corrected chi connectivity index (χ4v) is 2.83. The third-order valence-electron chi connectivity index (χ3n) is 3.66. The topological polar surface area (TPSA) is 17.1 Å². The van der Waals surface area contributed by atoms with E-state index in [-0.39, 0.29) is 0 Å². The van der Waals surface area contributed by atoms with Crippen molar-refractivity contribution < 1.29 is 4.79 Å². The Balaban J connectivity index is 2.15. The standard InChI is InChI=1S/C12H18O/c1-9-5-6-10-3-2-4-11(8-13)12(10)7-9/h3,8-9,11-12H,2,4-7H2,1H3. The van der Waals surface area contributed by atoms with Crippen molar-refractivity contribution in [2.75, 3.05) is 0 Å². The number of carbonyl (C=O) groups excluding carboxylic acids is 1. The largest absolute Gasteiger partial charge is 0.303 e. The van der Waals surface area contributed by atoms with Crippen LogP contribution in [-0.2, 0) is 4.79 Å². The maximum Gasteiger partial charge on any atom is 0.123 e. The molecule has 1 nitrogen and oxygen atoms in total. The quantitative estimate of drug-likeness (QED) is 0.445. The molecule has 0 heterocycles. The van der Waals surface area contributed by atoms with E-state index >= 15 is 0 Å². The zero-order chi connectivity index (χ0) is 9.26. The maximum absolute atomic E-state index is 10.9. The Morgan fingerprint density at radius 1 is 1.46 bits per heavy atom. The van der Waals surface area contributed by atoms with Crippen LogP contribution >= 0.6 is 0 Å². The predicted octanol–water partition coefficient (Wildman–Crippen LogP) is 2.96. The van der Waals surface area contributed by atoms with Crippen LogP contribution in [0.5, 0.6) is 0 Å². The van der Waals surface area contributed by atoms with E-state index in [0.29, 0.717) is 11.8 Å². The summed E-state index contributed by atoms with van der Waals surface area (Å²) in [6, 6.07) is 0. The first-order valence-electron chi connectivity index (χ1n) is 5.45. The summed E-state index contributed by atoms with van der Waals surface area (Å²) in [6.45, 7) is 2.31. The molecule has 0 aromatic heterocycles. The molecule has 2 rings (SSSR count). The van der Waals surface area contributed by atoms with E-state index in [0.717, 1.165) is 18.8 Å². The lowest BCUT2D eigenvalue weighted by atomic mass is 9.69. The minimum Gasteiger partial charge on any atom is -0.303 e. The van der Waals surface area contributed by atoms with Crippen LogP contribution in [0.2, 0.25) is 0 Å². The summed E-state index contributed by atoms with van der Waals surface area (Å²) < 4.78 is 0. The van der Waals surface area contributed by atoms with Gasteiger partial charge in [-0.2, -0.15) is 0 Å². The van der Waals surface area contributed by atoms with Crippen LogP contribution in [0.25, 0.3) is 0 Å². The van der Waals surface area contributed by atoms with Crippen LogP contribution in [0.4, 0.5) is 0 Å². The van der Waals surface area contributed by atoms with E-state index in [4.69, 9.17) is 0 Å². The molecule has 2 aliphatic carbocycles. The Morgan fingerprint density at radius 2 is 2.31 bits per heavy atom. The van der Waals surface area contributed by atoms with Crippen molar-refractivity contribution in [1.82, 2.24) is 0 Å². The van der Waals surface area contributed by atoms with Crippen LogP contribution < -0.4 is 0 Å². The summed E-state index contributed by atoms with van der Waals surface area (Å²) in [5.74, 6) is 1.76. The lowest BCUT2D eigenvalue weighted by Crippen LogP contribution is -2.27. The highest BCUT2D eigenvalue weighted by Gasteiger charge is 2.31. The summed E-state index contributed by atoms with van der Waals surface area (Å²) in [4.78, 5) is 10.9. The number of hydrogen-bond acceptors (Lipinski definition) is 1. The molecule has 0 aromatic rings. The number of allylic oxidation sites excluding steroid dienone is 2. The molecule has 0 spiro atoms. The van der Waals surface area contributed by atoms with Gasteiger partial charge in [0.1, 0.15) is 6.29 Å². The van der Waals surface area contributed by atoms with Crippen molar-refractivity contribution in [1.29, 1.82) is 0 Å². The van der Waals surface area contributed by atoms with Crippen molar-refractivity contribution in [3.8, 4) is 0 Å². The van der Waals surface area contributed by atoms with Crippen molar-refractivity contribution in [2.24, 2.45) is 17.8 Å². The fraction of sp³-hybridized carbons (Fsp3) is 0.750.